The first-order chi connectivity index (χ1) is 13.5. The molecule has 7 nitrogen and oxygen atoms in total. The van der Waals surface area contributed by atoms with Gasteiger partial charge in [0.25, 0.3) is 0 Å². The molecule has 0 atom stereocenters. The van der Waals surface area contributed by atoms with E-state index < -0.39 is 17.9 Å². The molecule has 0 aliphatic carbocycles. The van der Waals surface area contributed by atoms with Gasteiger partial charge in [0.1, 0.15) is 5.69 Å². The van der Waals surface area contributed by atoms with Crippen LogP contribution >= 0.6 is 11.8 Å². The first kappa shape index (κ1) is 21.6. The number of rotatable bonds is 9. The van der Waals surface area contributed by atoms with Crippen LogP contribution in [0.25, 0.3) is 5.52 Å². The van der Waals surface area contributed by atoms with Crippen LogP contribution in [0.3, 0.4) is 0 Å². The lowest BCUT2D eigenvalue weighted by Gasteiger charge is -2.06. The van der Waals surface area contributed by atoms with E-state index >= 15 is 0 Å². The van der Waals surface area contributed by atoms with Crippen molar-refractivity contribution in [1.29, 1.82) is 0 Å². The van der Waals surface area contributed by atoms with Gasteiger partial charge in [0.15, 0.2) is 0 Å². The average molecular weight is 405 g/mol. The Kier molecular flexibility index (Phi) is 8.13. The van der Waals surface area contributed by atoms with Crippen LogP contribution in [0, 0.1) is 0 Å². The van der Waals surface area contributed by atoms with Crippen molar-refractivity contribution in [2.75, 3.05) is 25.6 Å². The van der Waals surface area contributed by atoms with Crippen molar-refractivity contribution in [2.45, 2.75) is 25.7 Å². The summed E-state index contributed by atoms with van der Waals surface area (Å²) in [5.74, 6) is -1.13. The monoisotopic (exact) mass is 405 g/mol. The number of carbonyl (C=O) groups is 3. The van der Waals surface area contributed by atoms with Gasteiger partial charge in [0.05, 0.1) is 35.8 Å². The normalized spacial score (nSPS) is 11.0. The summed E-state index contributed by atoms with van der Waals surface area (Å²) >= 11 is 1.25. The van der Waals surface area contributed by atoms with Crippen molar-refractivity contribution >= 4 is 35.2 Å². The summed E-state index contributed by atoms with van der Waals surface area (Å²) in [6, 6.07) is 5.29. The van der Waals surface area contributed by atoms with Gasteiger partial charge in [-0.2, -0.15) is 0 Å². The summed E-state index contributed by atoms with van der Waals surface area (Å²) in [4.78, 5) is 37.1. The third kappa shape index (κ3) is 4.95. The molecule has 0 N–H and O–H groups in total. The van der Waals surface area contributed by atoms with Gasteiger partial charge in [-0.1, -0.05) is 12.1 Å². The standard InChI is InChI=1S/C20H23NO6S/c1-4-25-15(22)11-9-13-28-18-16(19(23)26-5-2)14-10-7-8-12-21(14)17(18)20(24)27-6-3/h7-12H,4-6,13H2,1-3H3/b11-9+. The molecule has 0 fully saturated rings. The lowest BCUT2D eigenvalue weighted by molar-refractivity contribution is -0.137. The molecule has 2 aromatic rings. The fourth-order valence-electron chi connectivity index (χ4n) is 2.58. The fourth-order valence-corrected chi connectivity index (χ4v) is 3.59. The van der Waals surface area contributed by atoms with Gasteiger partial charge in [0, 0.05) is 18.0 Å². The third-order valence-electron chi connectivity index (χ3n) is 3.61. The number of aromatic nitrogens is 1. The third-order valence-corrected chi connectivity index (χ3v) is 4.66. The summed E-state index contributed by atoms with van der Waals surface area (Å²) in [6.07, 6.45) is 4.64. The molecule has 0 radical (unpaired) electrons. The molecular formula is C20H23NO6S. The summed E-state index contributed by atoms with van der Waals surface area (Å²) in [7, 11) is 0. The minimum Gasteiger partial charge on any atom is -0.463 e. The van der Waals surface area contributed by atoms with Crippen molar-refractivity contribution in [3.8, 4) is 0 Å². The maximum absolute atomic E-state index is 12.6. The van der Waals surface area contributed by atoms with E-state index in [0.717, 1.165) is 0 Å². The highest BCUT2D eigenvalue weighted by Gasteiger charge is 2.28. The van der Waals surface area contributed by atoms with Crippen LogP contribution in [0.4, 0.5) is 0 Å². The van der Waals surface area contributed by atoms with E-state index in [1.165, 1.54) is 17.8 Å². The maximum atomic E-state index is 12.6. The highest BCUT2D eigenvalue weighted by Crippen LogP contribution is 2.34. The topological polar surface area (TPSA) is 83.3 Å². The SMILES string of the molecule is CCOC(=O)/C=C/CSc1c(C(=O)OCC)c2ccccn2c1C(=O)OCC. The zero-order chi connectivity index (χ0) is 20.5. The van der Waals surface area contributed by atoms with Crippen LogP contribution in [0.5, 0.6) is 0 Å². The van der Waals surface area contributed by atoms with E-state index in [2.05, 4.69) is 0 Å². The number of thioether (sulfide) groups is 1. The molecule has 0 amide bonds. The quantitative estimate of drug-likeness (QED) is 0.273. The van der Waals surface area contributed by atoms with Gasteiger partial charge in [0.2, 0.25) is 0 Å². The summed E-state index contributed by atoms with van der Waals surface area (Å²) < 4.78 is 16.9. The van der Waals surface area contributed by atoms with E-state index in [9.17, 15) is 14.4 Å². The molecule has 8 heteroatoms. The molecule has 0 saturated carbocycles. The Hall–Kier alpha value is -2.74. The Morgan fingerprint density at radius 2 is 1.68 bits per heavy atom. The Bertz CT molecular complexity index is 831. The molecule has 0 unspecified atom stereocenters. The van der Waals surface area contributed by atoms with E-state index in [-0.39, 0.29) is 18.9 Å². The summed E-state index contributed by atoms with van der Waals surface area (Å²) in [6.45, 7) is 5.88. The minimum atomic E-state index is -0.531. The van der Waals surface area contributed by atoms with Crippen LogP contribution in [0.15, 0.2) is 41.4 Å². The van der Waals surface area contributed by atoms with E-state index in [1.54, 1.807) is 55.6 Å². The predicted octanol–water partition coefficient (Wildman–Crippen LogP) is 3.50. The van der Waals surface area contributed by atoms with Gasteiger partial charge in [-0.3, -0.25) is 0 Å². The largest absolute Gasteiger partial charge is 0.463 e. The lowest BCUT2D eigenvalue weighted by Crippen LogP contribution is -2.10. The Balaban J connectivity index is 2.48. The number of esters is 3. The molecule has 0 aliphatic rings. The van der Waals surface area contributed by atoms with Gasteiger partial charge in [-0.15, -0.1) is 11.8 Å². The molecule has 0 aromatic carbocycles. The van der Waals surface area contributed by atoms with Gasteiger partial charge >= 0.3 is 17.9 Å². The highest BCUT2D eigenvalue weighted by molar-refractivity contribution is 7.99. The molecule has 150 valence electrons. The van der Waals surface area contributed by atoms with Crippen molar-refractivity contribution < 1.29 is 28.6 Å². The van der Waals surface area contributed by atoms with Crippen molar-refractivity contribution in [3.05, 3.63) is 47.8 Å². The van der Waals surface area contributed by atoms with Crippen LogP contribution in [0.2, 0.25) is 0 Å². The molecule has 0 spiro atoms. The van der Waals surface area contributed by atoms with Gasteiger partial charge in [-0.05, 0) is 32.9 Å². The zero-order valence-corrected chi connectivity index (χ0v) is 16.9. The predicted molar refractivity (Wildman–Crippen MR) is 106 cm³/mol. The number of pyridine rings is 1. The Morgan fingerprint density at radius 1 is 1.00 bits per heavy atom. The average Bonchev–Trinajstić information content (AvgIpc) is 3.00. The lowest BCUT2D eigenvalue weighted by atomic mass is 10.2. The Labute approximate surface area is 167 Å². The Morgan fingerprint density at radius 3 is 2.36 bits per heavy atom. The second kappa shape index (κ2) is 10.6. The van der Waals surface area contributed by atoms with Crippen LogP contribution in [0.1, 0.15) is 41.6 Å². The molecule has 28 heavy (non-hydrogen) atoms. The van der Waals surface area contributed by atoms with Crippen LogP contribution in [-0.4, -0.2) is 47.9 Å². The van der Waals surface area contributed by atoms with Crippen molar-refractivity contribution in [3.63, 3.8) is 0 Å². The zero-order valence-electron chi connectivity index (χ0n) is 16.1. The first-order valence-electron chi connectivity index (χ1n) is 8.98. The first-order valence-corrected chi connectivity index (χ1v) is 9.96. The minimum absolute atomic E-state index is 0.209. The molecule has 2 rings (SSSR count). The smallest absolute Gasteiger partial charge is 0.356 e. The number of ether oxygens (including phenoxy) is 3. The molecule has 2 heterocycles. The maximum Gasteiger partial charge on any atom is 0.356 e. The molecule has 0 saturated heterocycles. The van der Waals surface area contributed by atoms with Crippen molar-refractivity contribution in [1.82, 2.24) is 4.40 Å². The molecular weight excluding hydrogens is 382 g/mol. The molecule has 0 bridgehead atoms. The highest BCUT2D eigenvalue weighted by atomic mass is 32.2. The van der Waals surface area contributed by atoms with Crippen molar-refractivity contribution in [2.24, 2.45) is 0 Å². The number of nitrogens with zero attached hydrogens (tertiary/aromatic N) is 1. The van der Waals surface area contributed by atoms with Crippen LogP contribution in [-0.2, 0) is 19.0 Å². The number of hydrogen-bond acceptors (Lipinski definition) is 7. The second-order valence-electron chi connectivity index (χ2n) is 5.41. The number of hydrogen-bond donors (Lipinski definition) is 0. The summed E-state index contributed by atoms with van der Waals surface area (Å²) in [5.41, 5.74) is 1.12. The molecule has 2 aromatic heterocycles. The van der Waals surface area contributed by atoms with E-state index in [0.29, 0.717) is 28.3 Å². The fraction of sp³-hybridized carbons (Fsp3) is 0.350. The van der Waals surface area contributed by atoms with E-state index in [4.69, 9.17) is 14.2 Å². The number of carbonyl (C=O) groups excluding carboxylic acids is 3. The van der Waals surface area contributed by atoms with E-state index in [1.807, 2.05) is 0 Å². The van der Waals surface area contributed by atoms with Crippen LogP contribution < -0.4 is 0 Å². The number of fused-ring (bicyclic) bond motifs is 1. The molecule has 0 aliphatic heterocycles. The second-order valence-corrected chi connectivity index (χ2v) is 6.45. The van der Waals surface area contributed by atoms with Gasteiger partial charge in [-0.25, -0.2) is 14.4 Å². The summed E-state index contributed by atoms with van der Waals surface area (Å²) in [5, 5.41) is 0. The van der Waals surface area contributed by atoms with Gasteiger partial charge < -0.3 is 18.6 Å².